The highest BCUT2D eigenvalue weighted by molar-refractivity contribution is 5.76. The number of ether oxygens (including phenoxy) is 1. The molecule has 1 fully saturated rings. The van der Waals surface area contributed by atoms with Gasteiger partial charge in [0.15, 0.2) is 11.2 Å². The average molecular weight is 373 g/mol. The molecule has 0 spiro atoms. The summed E-state index contributed by atoms with van der Waals surface area (Å²) in [7, 11) is 1.68. The molecule has 3 heterocycles. The standard InChI is InChI=1S/C19H27N5O3/c1-5-27-11-10-22-17(25)15-16(21(4)19(22)26)20-18-23(14-8-6-7-9-14)12(2)13(3)24(15)18/h14H,5-11H2,1-4H3. The van der Waals surface area contributed by atoms with Crippen molar-refractivity contribution < 1.29 is 4.74 Å². The molecule has 1 saturated carbocycles. The minimum absolute atomic E-state index is 0.240. The molecular formula is C19H27N5O3. The first-order valence-electron chi connectivity index (χ1n) is 9.74. The Morgan fingerprint density at radius 2 is 1.85 bits per heavy atom. The molecule has 27 heavy (non-hydrogen) atoms. The maximum Gasteiger partial charge on any atom is 0.332 e. The summed E-state index contributed by atoms with van der Waals surface area (Å²) in [5.41, 5.74) is 2.41. The minimum Gasteiger partial charge on any atom is -0.380 e. The molecular weight excluding hydrogens is 346 g/mol. The van der Waals surface area contributed by atoms with Crippen LogP contribution in [0.25, 0.3) is 16.9 Å². The smallest absolute Gasteiger partial charge is 0.332 e. The lowest BCUT2D eigenvalue weighted by Gasteiger charge is -2.13. The van der Waals surface area contributed by atoms with Gasteiger partial charge in [-0.3, -0.25) is 18.3 Å². The van der Waals surface area contributed by atoms with Gasteiger partial charge < -0.3 is 9.30 Å². The Bertz CT molecular complexity index is 1120. The van der Waals surface area contributed by atoms with Gasteiger partial charge in [0.2, 0.25) is 5.78 Å². The van der Waals surface area contributed by atoms with Crippen LogP contribution in [0, 0.1) is 13.8 Å². The first-order valence-corrected chi connectivity index (χ1v) is 9.74. The second-order valence-corrected chi connectivity index (χ2v) is 7.39. The van der Waals surface area contributed by atoms with Crippen LogP contribution in [-0.4, -0.2) is 36.3 Å². The maximum atomic E-state index is 13.2. The van der Waals surface area contributed by atoms with Crippen LogP contribution in [0.5, 0.6) is 0 Å². The van der Waals surface area contributed by atoms with Gasteiger partial charge in [-0.1, -0.05) is 12.8 Å². The summed E-state index contributed by atoms with van der Waals surface area (Å²) in [4.78, 5) is 30.6. The number of hydrogen-bond donors (Lipinski definition) is 0. The zero-order valence-electron chi connectivity index (χ0n) is 16.5. The van der Waals surface area contributed by atoms with E-state index in [1.54, 1.807) is 7.05 Å². The zero-order chi connectivity index (χ0) is 19.3. The van der Waals surface area contributed by atoms with Gasteiger partial charge in [0.1, 0.15) is 0 Å². The van der Waals surface area contributed by atoms with E-state index in [-0.39, 0.29) is 17.8 Å². The van der Waals surface area contributed by atoms with Crippen molar-refractivity contribution in [3.63, 3.8) is 0 Å². The van der Waals surface area contributed by atoms with E-state index in [0.29, 0.717) is 30.4 Å². The number of aromatic nitrogens is 5. The summed E-state index contributed by atoms with van der Waals surface area (Å²) < 4.78 is 12.3. The van der Waals surface area contributed by atoms with Crippen LogP contribution >= 0.6 is 0 Å². The van der Waals surface area contributed by atoms with Crippen LogP contribution in [0.1, 0.15) is 50.0 Å². The maximum absolute atomic E-state index is 13.2. The molecule has 1 aliphatic rings. The van der Waals surface area contributed by atoms with Gasteiger partial charge in [-0.15, -0.1) is 0 Å². The lowest BCUT2D eigenvalue weighted by Crippen LogP contribution is -2.40. The molecule has 0 saturated heterocycles. The number of fused-ring (bicyclic) bond motifs is 3. The fraction of sp³-hybridized carbons (Fsp3) is 0.632. The van der Waals surface area contributed by atoms with E-state index in [0.717, 1.165) is 30.0 Å². The van der Waals surface area contributed by atoms with Crippen LogP contribution < -0.4 is 11.2 Å². The Balaban J connectivity index is 2.02. The number of imidazole rings is 2. The number of hydrogen-bond acceptors (Lipinski definition) is 4. The third kappa shape index (κ3) is 2.57. The topological polar surface area (TPSA) is 75.5 Å². The Morgan fingerprint density at radius 1 is 1.15 bits per heavy atom. The van der Waals surface area contributed by atoms with E-state index in [2.05, 4.69) is 11.5 Å². The molecule has 3 aromatic heterocycles. The predicted octanol–water partition coefficient (Wildman–Crippen LogP) is 1.92. The van der Waals surface area contributed by atoms with E-state index < -0.39 is 0 Å². The van der Waals surface area contributed by atoms with Crippen LogP contribution in [0.4, 0.5) is 0 Å². The summed E-state index contributed by atoms with van der Waals surface area (Å²) in [6.07, 6.45) is 4.70. The van der Waals surface area contributed by atoms with Gasteiger partial charge in [-0.05, 0) is 33.6 Å². The SMILES string of the molecule is CCOCCn1c(=O)c2c(nc3n(C4CCCC4)c(C)c(C)n23)n(C)c1=O. The second-order valence-electron chi connectivity index (χ2n) is 7.39. The molecule has 0 atom stereocenters. The van der Waals surface area contributed by atoms with E-state index in [9.17, 15) is 9.59 Å². The van der Waals surface area contributed by atoms with Crippen molar-refractivity contribution in [2.45, 2.75) is 59.0 Å². The zero-order valence-corrected chi connectivity index (χ0v) is 16.5. The van der Waals surface area contributed by atoms with Gasteiger partial charge >= 0.3 is 5.69 Å². The lowest BCUT2D eigenvalue weighted by molar-refractivity contribution is 0.137. The number of nitrogens with zero attached hydrogens (tertiary/aromatic N) is 5. The second kappa shape index (κ2) is 6.67. The Morgan fingerprint density at radius 3 is 2.52 bits per heavy atom. The molecule has 0 amide bonds. The van der Waals surface area contributed by atoms with Crippen molar-refractivity contribution >= 4 is 16.9 Å². The van der Waals surface area contributed by atoms with Crippen molar-refractivity contribution in [3.05, 3.63) is 32.2 Å². The third-order valence-corrected chi connectivity index (χ3v) is 5.91. The summed E-state index contributed by atoms with van der Waals surface area (Å²) in [6, 6.07) is 0.412. The molecule has 8 heteroatoms. The highest BCUT2D eigenvalue weighted by atomic mass is 16.5. The van der Waals surface area contributed by atoms with E-state index in [1.165, 1.54) is 22.0 Å². The molecule has 8 nitrogen and oxygen atoms in total. The monoisotopic (exact) mass is 373 g/mol. The highest BCUT2D eigenvalue weighted by Crippen LogP contribution is 2.34. The summed E-state index contributed by atoms with van der Waals surface area (Å²) >= 11 is 0. The van der Waals surface area contributed by atoms with Crippen molar-refractivity contribution in [3.8, 4) is 0 Å². The number of rotatable bonds is 5. The molecule has 146 valence electrons. The quantitative estimate of drug-likeness (QED) is 0.641. The molecule has 4 rings (SSSR count). The first-order chi connectivity index (χ1) is 13.0. The van der Waals surface area contributed by atoms with Gasteiger partial charge in [0, 0.05) is 31.1 Å². The van der Waals surface area contributed by atoms with Gasteiger partial charge in [0.25, 0.3) is 5.56 Å². The van der Waals surface area contributed by atoms with Crippen molar-refractivity contribution in [1.82, 2.24) is 23.1 Å². The molecule has 3 aromatic rings. The molecule has 0 aliphatic heterocycles. The fourth-order valence-electron chi connectivity index (χ4n) is 4.37. The average Bonchev–Trinajstić information content (AvgIpc) is 3.35. The van der Waals surface area contributed by atoms with Crippen molar-refractivity contribution in [2.24, 2.45) is 7.05 Å². The summed E-state index contributed by atoms with van der Waals surface area (Å²) in [5.74, 6) is 0.765. The van der Waals surface area contributed by atoms with Gasteiger partial charge in [-0.25, -0.2) is 4.79 Å². The fourth-order valence-corrected chi connectivity index (χ4v) is 4.37. The molecule has 0 radical (unpaired) electrons. The largest absolute Gasteiger partial charge is 0.380 e. The Labute approximate surface area is 157 Å². The van der Waals surface area contributed by atoms with Gasteiger partial charge in [0.05, 0.1) is 13.2 Å². The third-order valence-electron chi connectivity index (χ3n) is 5.91. The van der Waals surface area contributed by atoms with Crippen LogP contribution in [0.2, 0.25) is 0 Å². The van der Waals surface area contributed by atoms with E-state index >= 15 is 0 Å². The molecule has 1 aliphatic carbocycles. The van der Waals surface area contributed by atoms with E-state index in [1.807, 2.05) is 18.2 Å². The Kier molecular flexibility index (Phi) is 4.46. The van der Waals surface area contributed by atoms with Crippen molar-refractivity contribution in [1.29, 1.82) is 0 Å². The normalized spacial score (nSPS) is 15.6. The Hall–Kier alpha value is -2.35. The van der Waals surface area contributed by atoms with Crippen LogP contribution in [0.3, 0.4) is 0 Å². The molecule has 0 aromatic carbocycles. The van der Waals surface area contributed by atoms with Crippen LogP contribution in [-0.2, 0) is 18.3 Å². The molecule has 0 bridgehead atoms. The molecule has 0 unspecified atom stereocenters. The summed E-state index contributed by atoms with van der Waals surface area (Å²) in [5, 5.41) is 0. The molecule has 0 N–H and O–H groups in total. The van der Waals surface area contributed by atoms with Crippen molar-refractivity contribution in [2.75, 3.05) is 13.2 Å². The first kappa shape index (κ1) is 18.0. The van der Waals surface area contributed by atoms with Crippen LogP contribution in [0.15, 0.2) is 9.59 Å². The highest BCUT2D eigenvalue weighted by Gasteiger charge is 2.27. The lowest BCUT2D eigenvalue weighted by atomic mass is 10.2. The van der Waals surface area contributed by atoms with E-state index in [4.69, 9.17) is 9.72 Å². The summed E-state index contributed by atoms with van der Waals surface area (Å²) in [6.45, 7) is 7.12. The predicted molar refractivity (Wildman–Crippen MR) is 104 cm³/mol. The number of aryl methyl sites for hydroxylation is 2. The van der Waals surface area contributed by atoms with Gasteiger partial charge in [-0.2, -0.15) is 4.98 Å². The minimum atomic E-state index is -0.352.